The molecule has 8 nitrogen and oxygen atoms in total. The summed E-state index contributed by atoms with van der Waals surface area (Å²) in [6.45, 7) is 7.10. The molecule has 24 heavy (non-hydrogen) atoms. The topological polar surface area (TPSA) is 85.0 Å². The normalized spacial score (nSPS) is 24.1. The highest BCUT2D eigenvalue weighted by Gasteiger charge is 2.45. The fourth-order valence-electron chi connectivity index (χ4n) is 3.26. The summed E-state index contributed by atoms with van der Waals surface area (Å²) < 4.78 is 0. The van der Waals surface area contributed by atoms with Crippen LogP contribution in [0.3, 0.4) is 0 Å². The van der Waals surface area contributed by atoms with Crippen molar-refractivity contribution in [2.75, 3.05) is 53.4 Å². The van der Waals surface area contributed by atoms with Crippen LogP contribution in [0.25, 0.3) is 0 Å². The molecule has 2 saturated heterocycles. The number of urea groups is 2. The quantitative estimate of drug-likeness (QED) is 0.751. The van der Waals surface area contributed by atoms with Crippen LogP contribution in [0.5, 0.6) is 0 Å². The zero-order chi connectivity index (χ0) is 17.9. The van der Waals surface area contributed by atoms with Crippen LogP contribution in [0, 0.1) is 11.3 Å². The third-order valence-electron chi connectivity index (χ3n) is 4.49. The van der Waals surface area contributed by atoms with Crippen LogP contribution in [-0.4, -0.2) is 86.0 Å². The second kappa shape index (κ2) is 7.27. The van der Waals surface area contributed by atoms with Crippen molar-refractivity contribution < 1.29 is 14.4 Å². The highest BCUT2D eigenvalue weighted by Crippen LogP contribution is 2.31. The molecule has 0 bridgehead atoms. The van der Waals surface area contributed by atoms with E-state index in [0.29, 0.717) is 51.6 Å². The maximum Gasteiger partial charge on any atom is 0.319 e. The van der Waals surface area contributed by atoms with E-state index in [1.807, 2.05) is 13.8 Å². The van der Waals surface area contributed by atoms with Gasteiger partial charge >= 0.3 is 12.1 Å². The monoisotopic (exact) mass is 339 g/mol. The van der Waals surface area contributed by atoms with Gasteiger partial charge in [0.1, 0.15) is 0 Å². The van der Waals surface area contributed by atoms with Crippen LogP contribution in [0.4, 0.5) is 9.59 Å². The summed E-state index contributed by atoms with van der Waals surface area (Å²) in [5.41, 5.74) is -0.408. The standard InChI is InChI=1S/C16H29N5O3/c1-12(2)8-17-14(23)20-5-6-21(15(24)19(3)4)11-16(10-20)7-13(22)18-9-16/h12H,5-11H2,1-4H3,(H,17,23)(H,18,22). The minimum Gasteiger partial charge on any atom is -0.355 e. The van der Waals surface area contributed by atoms with E-state index in [0.717, 1.165) is 0 Å². The third-order valence-corrected chi connectivity index (χ3v) is 4.49. The molecule has 1 spiro atoms. The minimum atomic E-state index is -0.408. The van der Waals surface area contributed by atoms with Crippen molar-refractivity contribution in [1.29, 1.82) is 0 Å². The lowest BCUT2D eigenvalue weighted by Crippen LogP contribution is -2.48. The number of nitrogens with zero attached hydrogens (tertiary/aromatic N) is 3. The summed E-state index contributed by atoms with van der Waals surface area (Å²) in [4.78, 5) is 41.7. The van der Waals surface area contributed by atoms with E-state index in [4.69, 9.17) is 0 Å². The Morgan fingerprint density at radius 2 is 1.88 bits per heavy atom. The van der Waals surface area contributed by atoms with Gasteiger partial charge in [-0.25, -0.2) is 9.59 Å². The Morgan fingerprint density at radius 1 is 1.25 bits per heavy atom. The lowest BCUT2D eigenvalue weighted by molar-refractivity contribution is -0.119. The van der Waals surface area contributed by atoms with Gasteiger partial charge in [-0.15, -0.1) is 0 Å². The van der Waals surface area contributed by atoms with Crippen LogP contribution in [0.1, 0.15) is 20.3 Å². The maximum atomic E-state index is 12.5. The highest BCUT2D eigenvalue weighted by molar-refractivity contribution is 5.80. The van der Waals surface area contributed by atoms with Crippen LogP contribution in [0.2, 0.25) is 0 Å². The van der Waals surface area contributed by atoms with Gasteiger partial charge in [0, 0.05) is 65.2 Å². The van der Waals surface area contributed by atoms with E-state index < -0.39 is 5.41 Å². The Bertz CT molecular complexity index is 508. The van der Waals surface area contributed by atoms with Crippen LogP contribution >= 0.6 is 0 Å². The van der Waals surface area contributed by atoms with Gasteiger partial charge in [-0.05, 0) is 5.92 Å². The van der Waals surface area contributed by atoms with E-state index in [1.54, 1.807) is 23.9 Å². The SMILES string of the molecule is CC(C)CNC(=O)N1CCN(C(=O)N(C)C)CC2(CNC(=O)C2)C1. The molecule has 1 atom stereocenters. The molecule has 1 unspecified atom stereocenters. The lowest BCUT2D eigenvalue weighted by atomic mass is 9.86. The number of hydrogen-bond donors (Lipinski definition) is 2. The van der Waals surface area contributed by atoms with Gasteiger partial charge < -0.3 is 25.3 Å². The first kappa shape index (κ1) is 18.4. The van der Waals surface area contributed by atoms with Crippen molar-refractivity contribution >= 4 is 18.0 Å². The summed E-state index contributed by atoms with van der Waals surface area (Å²) in [6, 6.07) is -0.209. The van der Waals surface area contributed by atoms with Crippen molar-refractivity contribution in [2.45, 2.75) is 20.3 Å². The van der Waals surface area contributed by atoms with Gasteiger partial charge in [0.05, 0.1) is 0 Å². The van der Waals surface area contributed by atoms with Gasteiger partial charge in [0.2, 0.25) is 5.91 Å². The van der Waals surface area contributed by atoms with Crippen molar-refractivity contribution in [3.63, 3.8) is 0 Å². The fraction of sp³-hybridized carbons (Fsp3) is 0.812. The number of nitrogens with one attached hydrogen (secondary N) is 2. The molecule has 2 heterocycles. The molecule has 0 radical (unpaired) electrons. The first-order valence-electron chi connectivity index (χ1n) is 8.48. The Labute approximate surface area is 143 Å². The molecular formula is C16H29N5O3. The number of amides is 5. The maximum absolute atomic E-state index is 12.5. The van der Waals surface area contributed by atoms with E-state index in [9.17, 15) is 14.4 Å². The molecule has 0 aromatic heterocycles. The second-order valence-electron chi connectivity index (χ2n) is 7.55. The van der Waals surface area contributed by atoms with Crippen molar-refractivity contribution in [3.05, 3.63) is 0 Å². The summed E-state index contributed by atoms with van der Waals surface area (Å²) in [7, 11) is 3.43. The van der Waals surface area contributed by atoms with E-state index in [-0.39, 0.29) is 18.0 Å². The van der Waals surface area contributed by atoms with Gasteiger partial charge in [-0.2, -0.15) is 0 Å². The van der Waals surface area contributed by atoms with Gasteiger partial charge in [0.15, 0.2) is 0 Å². The van der Waals surface area contributed by atoms with Crippen LogP contribution in [0.15, 0.2) is 0 Å². The number of carbonyl (C=O) groups excluding carboxylic acids is 3. The zero-order valence-electron chi connectivity index (χ0n) is 15.1. The van der Waals surface area contributed by atoms with Gasteiger partial charge in [-0.1, -0.05) is 13.8 Å². The zero-order valence-corrected chi connectivity index (χ0v) is 15.1. The predicted octanol–water partition coefficient (Wildman–Crippen LogP) is 0.158. The molecule has 2 aliphatic rings. The first-order valence-corrected chi connectivity index (χ1v) is 8.48. The van der Waals surface area contributed by atoms with Crippen LogP contribution < -0.4 is 10.6 Å². The predicted molar refractivity (Wildman–Crippen MR) is 90.5 cm³/mol. The molecule has 0 aliphatic carbocycles. The lowest BCUT2D eigenvalue weighted by Gasteiger charge is -2.33. The van der Waals surface area contributed by atoms with Gasteiger partial charge in [0.25, 0.3) is 0 Å². The first-order chi connectivity index (χ1) is 11.2. The average Bonchev–Trinajstić information content (AvgIpc) is 2.76. The number of hydrogen-bond acceptors (Lipinski definition) is 3. The van der Waals surface area contributed by atoms with E-state index in [2.05, 4.69) is 10.6 Å². The minimum absolute atomic E-state index is 0.0170. The molecule has 2 fully saturated rings. The second-order valence-corrected chi connectivity index (χ2v) is 7.55. The van der Waals surface area contributed by atoms with E-state index >= 15 is 0 Å². The summed E-state index contributed by atoms with van der Waals surface area (Å²) in [5.74, 6) is 0.355. The molecule has 0 saturated carbocycles. The van der Waals surface area contributed by atoms with Crippen molar-refractivity contribution in [3.8, 4) is 0 Å². The molecule has 8 heteroatoms. The summed E-state index contributed by atoms with van der Waals surface area (Å²) in [5, 5.41) is 5.79. The molecule has 0 aromatic rings. The average molecular weight is 339 g/mol. The molecule has 2 aliphatic heterocycles. The fourth-order valence-corrected chi connectivity index (χ4v) is 3.26. The number of carbonyl (C=O) groups is 3. The largest absolute Gasteiger partial charge is 0.355 e. The molecule has 0 aromatic carbocycles. The molecular weight excluding hydrogens is 310 g/mol. The molecule has 5 amide bonds. The van der Waals surface area contributed by atoms with Crippen LogP contribution in [-0.2, 0) is 4.79 Å². The Kier molecular flexibility index (Phi) is 5.56. The molecule has 136 valence electrons. The smallest absolute Gasteiger partial charge is 0.319 e. The van der Waals surface area contributed by atoms with Crippen molar-refractivity contribution in [1.82, 2.24) is 25.3 Å². The van der Waals surface area contributed by atoms with E-state index in [1.165, 1.54) is 4.90 Å². The summed E-state index contributed by atoms with van der Waals surface area (Å²) >= 11 is 0. The van der Waals surface area contributed by atoms with Crippen molar-refractivity contribution in [2.24, 2.45) is 11.3 Å². The Hall–Kier alpha value is -1.99. The Morgan fingerprint density at radius 3 is 2.42 bits per heavy atom. The third kappa shape index (κ3) is 4.30. The molecule has 2 rings (SSSR count). The molecule has 2 N–H and O–H groups in total. The number of rotatable bonds is 2. The summed E-state index contributed by atoms with van der Waals surface area (Å²) in [6.07, 6.45) is 0.345. The highest BCUT2D eigenvalue weighted by atomic mass is 16.2. The Balaban J connectivity index is 2.14. The van der Waals surface area contributed by atoms with Gasteiger partial charge in [-0.3, -0.25) is 4.79 Å².